The van der Waals surface area contributed by atoms with E-state index in [-0.39, 0.29) is 0 Å². The third kappa shape index (κ3) is 28.0. The third-order valence-corrected chi connectivity index (χ3v) is 7.73. The van der Waals surface area contributed by atoms with Gasteiger partial charge in [-0.25, -0.2) is 0 Å². The number of unbranched alkanes of at least 4 members (excludes halogenated alkanes) is 20. The maximum absolute atomic E-state index is 6.04. The molecule has 0 fully saturated rings. The van der Waals surface area contributed by atoms with Gasteiger partial charge >= 0.3 is 0 Å². The van der Waals surface area contributed by atoms with E-state index in [0.29, 0.717) is 6.04 Å². The van der Waals surface area contributed by atoms with Gasteiger partial charge in [-0.15, -0.1) is 0 Å². The first-order valence-corrected chi connectivity index (χ1v) is 16.6. The van der Waals surface area contributed by atoms with Crippen LogP contribution < -0.4 is 11.5 Å². The van der Waals surface area contributed by atoms with Crippen LogP contribution >= 0.6 is 0 Å². The normalized spacial score (nSPS) is 12.6. The van der Waals surface area contributed by atoms with Crippen molar-refractivity contribution in [2.45, 2.75) is 180 Å². The molecular formula is C33H69N3. The predicted molar refractivity (Wildman–Crippen MR) is 165 cm³/mol. The summed E-state index contributed by atoms with van der Waals surface area (Å²) < 4.78 is 0. The molecule has 0 aliphatic carbocycles. The largest absolute Gasteiger partial charge is 0.378 e. The van der Waals surface area contributed by atoms with E-state index in [1.54, 1.807) is 0 Å². The van der Waals surface area contributed by atoms with Crippen molar-refractivity contribution in [3.05, 3.63) is 12.3 Å². The molecule has 0 aliphatic heterocycles. The SMILES string of the molecule is CCCCCCCCCCCCCCCCN(/C=C\CCCCCC(N)CC)CCCCCCCN. The van der Waals surface area contributed by atoms with E-state index in [9.17, 15) is 0 Å². The third-order valence-electron chi connectivity index (χ3n) is 7.73. The number of hydrogen-bond acceptors (Lipinski definition) is 3. The molecule has 3 nitrogen and oxygen atoms in total. The minimum absolute atomic E-state index is 0.408. The molecule has 0 aliphatic rings. The topological polar surface area (TPSA) is 55.3 Å². The zero-order chi connectivity index (χ0) is 26.4. The van der Waals surface area contributed by atoms with Gasteiger partial charge in [0.1, 0.15) is 0 Å². The Morgan fingerprint density at radius 3 is 1.47 bits per heavy atom. The van der Waals surface area contributed by atoms with Gasteiger partial charge in [0.15, 0.2) is 0 Å². The molecule has 36 heavy (non-hydrogen) atoms. The monoisotopic (exact) mass is 508 g/mol. The Kier molecular flexibility index (Phi) is 30.2. The molecule has 216 valence electrons. The van der Waals surface area contributed by atoms with Crippen LogP contribution in [0.15, 0.2) is 12.3 Å². The van der Waals surface area contributed by atoms with Crippen molar-refractivity contribution in [3.63, 3.8) is 0 Å². The van der Waals surface area contributed by atoms with Gasteiger partial charge < -0.3 is 16.4 Å². The van der Waals surface area contributed by atoms with E-state index in [4.69, 9.17) is 11.5 Å². The summed E-state index contributed by atoms with van der Waals surface area (Å²) in [5.74, 6) is 0. The van der Waals surface area contributed by atoms with Crippen molar-refractivity contribution in [3.8, 4) is 0 Å². The number of nitrogens with two attached hydrogens (primary N) is 2. The van der Waals surface area contributed by atoms with Crippen molar-refractivity contribution in [1.82, 2.24) is 4.90 Å². The van der Waals surface area contributed by atoms with E-state index in [0.717, 1.165) is 13.0 Å². The standard InChI is InChI=1S/C33H69N3/c1-3-5-6-7-8-9-10-11-12-13-14-15-20-25-30-36(32-27-22-17-19-24-29-34)31-26-21-16-18-23-28-33(35)4-2/h26,31,33H,3-25,27-30,32,34-35H2,1-2H3/b31-26-. The highest BCUT2D eigenvalue weighted by Crippen LogP contribution is 2.14. The average molecular weight is 508 g/mol. The summed E-state index contributed by atoms with van der Waals surface area (Å²) in [6.45, 7) is 7.80. The van der Waals surface area contributed by atoms with Crippen molar-refractivity contribution in [1.29, 1.82) is 0 Å². The second-order valence-corrected chi connectivity index (χ2v) is 11.4. The lowest BCUT2D eigenvalue weighted by atomic mass is 10.0. The Hall–Kier alpha value is -0.540. The first-order valence-electron chi connectivity index (χ1n) is 16.6. The molecule has 0 bridgehead atoms. The second kappa shape index (κ2) is 30.7. The molecule has 0 aromatic rings. The molecule has 0 spiro atoms. The van der Waals surface area contributed by atoms with E-state index in [1.165, 1.54) is 167 Å². The lowest BCUT2D eigenvalue weighted by molar-refractivity contribution is 0.348. The minimum atomic E-state index is 0.408. The first-order chi connectivity index (χ1) is 17.7. The summed E-state index contributed by atoms with van der Waals surface area (Å²) in [5, 5.41) is 0. The van der Waals surface area contributed by atoms with Crippen LogP contribution in [0.1, 0.15) is 174 Å². The Balaban J connectivity index is 3.85. The Morgan fingerprint density at radius 2 is 1.00 bits per heavy atom. The summed E-state index contributed by atoms with van der Waals surface area (Å²) in [6.07, 6.45) is 38.8. The van der Waals surface area contributed by atoms with Crippen molar-refractivity contribution in [2.75, 3.05) is 19.6 Å². The van der Waals surface area contributed by atoms with Gasteiger partial charge in [-0.2, -0.15) is 0 Å². The minimum Gasteiger partial charge on any atom is -0.378 e. The van der Waals surface area contributed by atoms with Gasteiger partial charge in [0.05, 0.1) is 0 Å². The van der Waals surface area contributed by atoms with Gasteiger partial charge in [-0.1, -0.05) is 135 Å². The van der Waals surface area contributed by atoms with Crippen LogP contribution in [0.4, 0.5) is 0 Å². The molecule has 0 rings (SSSR count). The van der Waals surface area contributed by atoms with Crippen LogP contribution in [0.3, 0.4) is 0 Å². The fourth-order valence-corrected chi connectivity index (χ4v) is 5.03. The summed E-state index contributed by atoms with van der Waals surface area (Å²) in [4.78, 5) is 2.61. The Labute approximate surface area is 228 Å². The van der Waals surface area contributed by atoms with Crippen LogP contribution in [0.2, 0.25) is 0 Å². The molecule has 1 atom stereocenters. The van der Waals surface area contributed by atoms with Crippen LogP contribution in [0.5, 0.6) is 0 Å². The number of nitrogens with zero attached hydrogens (tertiary/aromatic N) is 1. The molecule has 0 saturated heterocycles. The van der Waals surface area contributed by atoms with E-state index < -0.39 is 0 Å². The average Bonchev–Trinajstić information content (AvgIpc) is 2.89. The molecule has 0 saturated carbocycles. The maximum atomic E-state index is 6.04. The van der Waals surface area contributed by atoms with E-state index in [1.807, 2.05) is 0 Å². The van der Waals surface area contributed by atoms with E-state index >= 15 is 0 Å². The maximum Gasteiger partial charge on any atom is 0.0172 e. The lowest BCUT2D eigenvalue weighted by Gasteiger charge is -2.20. The molecule has 0 heterocycles. The molecule has 1 unspecified atom stereocenters. The summed E-state index contributed by atoms with van der Waals surface area (Å²) >= 11 is 0. The lowest BCUT2D eigenvalue weighted by Crippen LogP contribution is -2.20. The number of allylic oxidation sites excluding steroid dienone is 1. The highest BCUT2D eigenvalue weighted by Gasteiger charge is 2.01. The summed E-state index contributed by atoms with van der Waals surface area (Å²) in [5.41, 5.74) is 11.7. The van der Waals surface area contributed by atoms with Gasteiger partial charge in [0.2, 0.25) is 0 Å². The smallest absolute Gasteiger partial charge is 0.0172 e. The highest BCUT2D eigenvalue weighted by molar-refractivity contribution is 4.82. The van der Waals surface area contributed by atoms with Gasteiger partial charge in [-0.05, 0) is 57.7 Å². The summed E-state index contributed by atoms with van der Waals surface area (Å²) in [6, 6.07) is 0.408. The number of hydrogen-bond donors (Lipinski definition) is 2. The van der Waals surface area contributed by atoms with Crippen LogP contribution in [-0.4, -0.2) is 30.6 Å². The first kappa shape index (κ1) is 35.5. The van der Waals surface area contributed by atoms with Crippen LogP contribution in [0, 0.1) is 0 Å². The Bertz CT molecular complexity index is 423. The van der Waals surface area contributed by atoms with E-state index in [2.05, 4.69) is 31.0 Å². The molecule has 0 radical (unpaired) electrons. The summed E-state index contributed by atoms with van der Waals surface area (Å²) in [7, 11) is 0. The fraction of sp³-hybridized carbons (Fsp3) is 0.939. The molecule has 0 aromatic heterocycles. The zero-order valence-corrected chi connectivity index (χ0v) is 25.1. The molecule has 0 aromatic carbocycles. The van der Waals surface area contributed by atoms with Gasteiger partial charge in [-0.3, -0.25) is 0 Å². The molecular weight excluding hydrogens is 438 g/mol. The second-order valence-electron chi connectivity index (χ2n) is 11.4. The van der Waals surface area contributed by atoms with Crippen molar-refractivity contribution >= 4 is 0 Å². The molecule has 3 heteroatoms. The zero-order valence-electron chi connectivity index (χ0n) is 25.1. The van der Waals surface area contributed by atoms with Crippen molar-refractivity contribution < 1.29 is 0 Å². The molecule has 4 N–H and O–H groups in total. The van der Waals surface area contributed by atoms with Gasteiger partial charge in [0, 0.05) is 19.1 Å². The predicted octanol–water partition coefficient (Wildman–Crippen LogP) is 9.88. The highest BCUT2D eigenvalue weighted by atomic mass is 15.1. The quantitative estimate of drug-likeness (QED) is 0.0951. The van der Waals surface area contributed by atoms with Gasteiger partial charge in [0.25, 0.3) is 0 Å². The fourth-order valence-electron chi connectivity index (χ4n) is 5.03. The molecule has 0 amide bonds. The van der Waals surface area contributed by atoms with Crippen molar-refractivity contribution in [2.24, 2.45) is 11.5 Å². The van der Waals surface area contributed by atoms with Crippen LogP contribution in [-0.2, 0) is 0 Å². The number of rotatable bonds is 30. The Morgan fingerprint density at radius 1 is 0.556 bits per heavy atom. The van der Waals surface area contributed by atoms with Crippen LogP contribution in [0.25, 0.3) is 0 Å².